The van der Waals surface area contributed by atoms with E-state index in [9.17, 15) is 4.79 Å². The summed E-state index contributed by atoms with van der Waals surface area (Å²) in [6.07, 6.45) is 0. The first-order valence-corrected chi connectivity index (χ1v) is 8.37. The molecule has 0 aliphatic heterocycles. The molecule has 0 saturated carbocycles. The lowest BCUT2D eigenvalue weighted by molar-refractivity contribution is 0.0943. The van der Waals surface area contributed by atoms with Gasteiger partial charge in [0, 0.05) is 24.7 Å². The number of hydrogen-bond donors (Lipinski definition) is 1. The Balaban J connectivity index is 2.10. The van der Waals surface area contributed by atoms with E-state index in [1.54, 1.807) is 44.6 Å². The Morgan fingerprint density at radius 2 is 1.69 bits per heavy atom. The first-order valence-electron chi connectivity index (χ1n) is 8.00. The Morgan fingerprint density at radius 3 is 2.38 bits per heavy atom. The van der Waals surface area contributed by atoms with Crippen molar-refractivity contribution >= 4 is 17.5 Å². The molecule has 7 heteroatoms. The number of benzene rings is 2. The zero-order valence-electron chi connectivity index (χ0n) is 15.0. The molecule has 0 radical (unpaired) electrons. The minimum atomic E-state index is -0.260. The van der Waals surface area contributed by atoms with Gasteiger partial charge in [0.2, 0.25) is 0 Å². The summed E-state index contributed by atoms with van der Waals surface area (Å²) < 4.78 is 21.0. The third kappa shape index (κ3) is 5.03. The van der Waals surface area contributed by atoms with E-state index < -0.39 is 0 Å². The summed E-state index contributed by atoms with van der Waals surface area (Å²) in [4.78, 5) is 12.5. The van der Waals surface area contributed by atoms with Crippen LogP contribution >= 0.6 is 11.6 Å². The zero-order valence-corrected chi connectivity index (χ0v) is 15.8. The maximum atomic E-state index is 12.5. The molecule has 1 N–H and O–H groups in total. The van der Waals surface area contributed by atoms with Crippen molar-refractivity contribution in [2.45, 2.75) is 6.54 Å². The summed E-state index contributed by atoms with van der Waals surface area (Å²) >= 11 is 6.26. The lowest BCUT2D eigenvalue weighted by Gasteiger charge is -2.14. The second-order valence-corrected chi connectivity index (χ2v) is 5.73. The fraction of sp³-hybridized carbons (Fsp3) is 0.316. The molecule has 0 saturated heterocycles. The third-order valence-corrected chi connectivity index (χ3v) is 4.02. The second kappa shape index (κ2) is 9.89. The van der Waals surface area contributed by atoms with E-state index in [0.717, 1.165) is 5.56 Å². The number of hydrogen-bond acceptors (Lipinski definition) is 5. The summed E-state index contributed by atoms with van der Waals surface area (Å²) in [6.45, 7) is 1.05. The largest absolute Gasteiger partial charge is 0.493 e. The minimum Gasteiger partial charge on any atom is -0.493 e. The van der Waals surface area contributed by atoms with E-state index in [1.807, 2.05) is 6.07 Å². The van der Waals surface area contributed by atoms with Crippen LogP contribution in [-0.2, 0) is 11.3 Å². The molecule has 0 atom stereocenters. The monoisotopic (exact) mass is 379 g/mol. The Hall–Kier alpha value is -2.44. The van der Waals surface area contributed by atoms with Crippen molar-refractivity contribution in [3.05, 3.63) is 52.5 Å². The molecule has 0 spiro atoms. The van der Waals surface area contributed by atoms with Crippen LogP contribution in [0, 0.1) is 0 Å². The fourth-order valence-electron chi connectivity index (χ4n) is 2.32. The van der Waals surface area contributed by atoms with Crippen molar-refractivity contribution in [1.82, 2.24) is 5.32 Å². The topological polar surface area (TPSA) is 66.0 Å². The summed E-state index contributed by atoms with van der Waals surface area (Å²) in [6, 6.07) is 10.4. The van der Waals surface area contributed by atoms with Gasteiger partial charge in [0.05, 0.1) is 26.4 Å². The SMILES string of the molecule is COCCOc1ccccc1C(=O)NCc1cc(OC)c(OC)cc1Cl. The van der Waals surface area contributed by atoms with Gasteiger partial charge in [-0.1, -0.05) is 23.7 Å². The van der Waals surface area contributed by atoms with E-state index >= 15 is 0 Å². The Kier molecular flexibility index (Phi) is 7.56. The van der Waals surface area contributed by atoms with Crippen molar-refractivity contribution < 1.29 is 23.7 Å². The van der Waals surface area contributed by atoms with Crippen molar-refractivity contribution in [2.75, 3.05) is 34.5 Å². The average Bonchev–Trinajstić information content (AvgIpc) is 2.67. The van der Waals surface area contributed by atoms with E-state index in [0.29, 0.717) is 41.0 Å². The van der Waals surface area contributed by atoms with Crippen LogP contribution in [0.3, 0.4) is 0 Å². The molecule has 2 rings (SSSR count). The van der Waals surface area contributed by atoms with Gasteiger partial charge in [0.25, 0.3) is 5.91 Å². The van der Waals surface area contributed by atoms with Crippen molar-refractivity contribution in [1.29, 1.82) is 0 Å². The number of ether oxygens (including phenoxy) is 4. The first kappa shape index (κ1) is 19.9. The summed E-state index contributed by atoms with van der Waals surface area (Å²) in [5, 5.41) is 3.32. The Morgan fingerprint density at radius 1 is 1.00 bits per heavy atom. The van der Waals surface area contributed by atoms with Crippen molar-refractivity contribution in [2.24, 2.45) is 0 Å². The van der Waals surface area contributed by atoms with Gasteiger partial charge in [0.15, 0.2) is 11.5 Å². The first-order chi connectivity index (χ1) is 12.6. The van der Waals surface area contributed by atoms with Gasteiger partial charge >= 0.3 is 0 Å². The lowest BCUT2D eigenvalue weighted by atomic mass is 10.1. The number of methoxy groups -OCH3 is 3. The highest BCUT2D eigenvalue weighted by Gasteiger charge is 2.14. The molecule has 6 nitrogen and oxygen atoms in total. The van der Waals surface area contributed by atoms with Crippen LogP contribution < -0.4 is 19.5 Å². The second-order valence-electron chi connectivity index (χ2n) is 5.32. The van der Waals surface area contributed by atoms with Crippen LogP contribution in [-0.4, -0.2) is 40.5 Å². The number of para-hydroxylation sites is 1. The Bertz CT molecular complexity index is 751. The number of amides is 1. The van der Waals surface area contributed by atoms with Crippen LogP contribution in [0.25, 0.3) is 0 Å². The maximum absolute atomic E-state index is 12.5. The molecule has 0 fully saturated rings. The number of halogens is 1. The van der Waals surface area contributed by atoms with Crippen molar-refractivity contribution in [3.8, 4) is 17.2 Å². The quantitative estimate of drug-likeness (QED) is 0.677. The molecule has 2 aromatic rings. The van der Waals surface area contributed by atoms with Crippen LogP contribution in [0.2, 0.25) is 5.02 Å². The molecule has 0 aliphatic rings. The normalized spacial score (nSPS) is 10.3. The van der Waals surface area contributed by atoms with E-state index in [1.165, 1.54) is 7.11 Å². The molecule has 0 heterocycles. The minimum absolute atomic E-state index is 0.241. The highest BCUT2D eigenvalue weighted by Crippen LogP contribution is 2.33. The van der Waals surface area contributed by atoms with Crippen LogP contribution in [0.5, 0.6) is 17.2 Å². The standard InChI is InChI=1S/C19H22ClNO5/c1-23-8-9-26-16-7-5-4-6-14(16)19(22)21-12-13-10-17(24-2)18(25-3)11-15(13)20/h4-7,10-11H,8-9,12H2,1-3H3,(H,21,22). The number of rotatable bonds is 9. The fourth-order valence-corrected chi connectivity index (χ4v) is 2.54. The molecule has 26 heavy (non-hydrogen) atoms. The van der Waals surface area contributed by atoms with Crippen LogP contribution in [0.1, 0.15) is 15.9 Å². The van der Waals surface area contributed by atoms with Crippen LogP contribution in [0.4, 0.5) is 0 Å². The van der Waals surface area contributed by atoms with Gasteiger partial charge in [-0.15, -0.1) is 0 Å². The molecular formula is C19H22ClNO5. The zero-order chi connectivity index (χ0) is 18.9. The van der Waals surface area contributed by atoms with Gasteiger partial charge in [-0.2, -0.15) is 0 Å². The van der Waals surface area contributed by atoms with Crippen molar-refractivity contribution in [3.63, 3.8) is 0 Å². The van der Waals surface area contributed by atoms with Gasteiger partial charge in [-0.05, 0) is 23.8 Å². The molecule has 1 amide bonds. The summed E-state index contributed by atoms with van der Waals surface area (Å²) in [7, 11) is 4.67. The molecule has 0 bridgehead atoms. The summed E-state index contributed by atoms with van der Waals surface area (Å²) in [5.74, 6) is 1.32. The Labute approximate surface area is 158 Å². The van der Waals surface area contributed by atoms with Crippen LogP contribution in [0.15, 0.2) is 36.4 Å². The summed E-state index contributed by atoms with van der Waals surface area (Å²) in [5.41, 5.74) is 1.16. The van der Waals surface area contributed by atoms with Gasteiger partial charge in [-0.25, -0.2) is 0 Å². The average molecular weight is 380 g/mol. The molecule has 0 unspecified atom stereocenters. The number of carbonyl (C=O) groups excluding carboxylic acids is 1. The highest BCUT2D eigenvalue weighted by atomic mass is 35.5. The predicted octanol–water partition coefficient (Wildman–Crippen LogP) is 3.31. The molecular weight excluding hydrogens is 358 g/mol. The highest BCUT2D eigenvalue weighted by molar-refractivity contribution is 6.31. The van der Waals surface area contributed by atoms with Gasteiger partial charge in [0.1, 0.15) is 12.4 Å². The van der Waals surface area contributed by atoms with E-state index in [-0.39, 0.29) is 12.5 Å². The lowest BCUT2D eigenvalue weighted by Crippen LogP contribution is -2.24. The smallest absolute Gasteiger partial charge is 0.255 e. The maximum Gasteiger partial charge on any atom is 0.255 e. The third-order valence-electron chi connectivity index (χ3n) is 3.67. The molecule has 2 aromatic carbocycles. The van der Waals surface area contributed by atoms with Gasteiger partial charge < -0.3 is 24.3 Å². The van der Waals surface area contributed by atoms with E-state index in [2.05, 4.69) is 5.32 Å². The molecule has 0 aromatic heterocycles. The van der Waals surface area contributed by atoms with E-state index in [4.69, 9.17) is 30.5 Å². The predicted molar refractivity (Wildman–Crippen MR) is 99.5 cm³/mol. The molecule has 140 valence electrons. The number of carbonyl (C=O) groups is 1. The number of nitrogens with one attached hydrogen (secondary N) is 1. The van der Waals surface area contributed by atoms with Gasteiger partial charge in [-0.3, -0.25) is 4.79 Å². The molecule has 0 aliphatic carbocycles.